The lowest BCUT2D eigenvalue weighted by Crippen LogP contribution is -2.10. The summed E-state index contributed by atoms with van der Waals surface area (Å²) in [5.41, 5.74) is 3.56. The highest BCUT2D eigenvalue weighted by molar-refractivity contribution is 6.02. The molecule has 0 aliphatic carbocycles. The summed E-state index contributed by atoms with van der Waals surface area (Å²) >= 11 is 0. The first-order valence-electron chi connectivity index (χ1n) is 8.02. The standard InChI is InChI=1S/C21H20N2O/c1-16(22-18-10-5-3-6-11-18)20-14-9-15-21(24-20)17(2)23-19-12-7-4-8-13-19/h3-8,10-15H,9H2,1-2H3. The number of hydrogen-bond acceptors (Lipinski definition) is 3. The lowest BCUT2D eigenvalue weighted by atomic mass is 10.2. The second kappa shape index (κ2) is 7.55. The van der Waals surface area contributed by atoms with Crippen molar-refractivity contribution in [3.63, 3.8) is 0 Å². The summed E-state index contributed by atoms with van der Waals surface area (Å²) in [5, 5.41) is 0. The third-order valence-electron chi connectivity index (χ3n) is 3.65. The number of rotatable bonds is 4. The van der Waals surface area contributed by atoms with E-state index in [-0.39, 0.29) is 0 Å². The topological polar surface area (TPSA) is 34.0 Å². The molecular weight excluding hydrogens is 296 g/mol. The number of benzene rings is 2. The summed E-state index contributed by atoms with van der Waals surface area (Å²) in [6, 6.07) is 19.8. The molecule has 120 valence electrons. The van der Waals surface area contributed by atoms with Gasteiger partial charge in [-0.1, -0.05) is 36.4 Å². The Kier molecular flexibility index (Phi) is 5.02. The van der Waals surface area contributed by atoms with Gasteiger partial charge >= 0.3 is 0 Å². The molecule has 1 aliphatic rings. The molecule has 0 aromatic heterocycles. The number of para-hydroxylation sites is 2. The molecule has 3 heteroatoms. The number of allylic oxidation sites excluding steroid dienone is 4. The minimum Gasteiger partial charge on any atom is -0.454 e. The van der Waals surface area contributed by atoms with Crippen LogP contribution in [0.1, 0.15) is 20.3 Å². The highest BCUT2D eigenvalue weighted by Gasteiger charge is 2.13. The van der Waals surface area contributed by atoms with E-state index in [0.29, 0.717) is 0 Å². The molecule has 3 rings (SSSR count). The van der Waals surface area contributed by atoms with Gasteiger partial charge in [-0.2, -0.15) is 0 Å². The summed E-state index contributed by atoms with van der Waals surface area (Å²) in [6.45, 7) is 3.93. The van der Waals surface area contributed by atoms with Gasteiger partial charge in [0.2, 0.25) is 0 Å². The van der Waals surface area contributed by atoms with Crippen LogP contribution in [0.25, 0.3) is 0 Å². The van der Waals surface area contributed by atoms with Crippen molar-refractivity contribution in [2.75, 3.05) is 0 Å². The van der Waals surface area contributed by atoms with Crippen LogP contribution in [0.15, 0.2) is 94.3 Å². The average Bonchev–Trinajstić information content (AvgIpc) is 2.63. The molecule has 1 heterocycles. The second-order valence-corrected chi connectivity index (χ2v) is 5.54. The van der Waals surface area contributed by atoms with E-state index in [9.17, 15) is 0 Å². The minimum atomic E-state index is 0.791. The lowest BCUT2D eigenvalue weighted by molar-refractivity contribution is 0.343. The quantitative estimate of drug-likeness (QED) is 0.660. The molecule has 24 heavy (non-hydrogen) atoms. The molecule has 2 aromatic rings. The summed E-state index contributed by atoms with van der Waals surface area (Å²) in [6.07, 6.45) is 4.90. The van der Waals surface area contributed by atoms with Gasteiger partial charge in [0, 0.05) is 0 Å². The number of nitrogens with zero attached hydrogens (tertiary/aromatic N) is 2. The zero-order valence-corrected chi connectivity index (χ0v) is 13.9. The molecular formula is C21H20N2O. The lowest BCUT2D eigenvalue weighted by Gasteiger charge is -2.17. The summed E-state index contributed by atoms with van der Waals surface area (Å²) in [4.78, 5) is 9.23. The van der Waals surface area contributed by atoms with E-state index in [4.69, 9.17) is 4.74 Å². The van der Waals surface area contributed by atoms with Crippen molar-refractivity contribution in [3.05, 3.63) is 84.3 Å². The van der Waals surface area contributed by atoms with Crippen LogP contribution in [0.2, 0.25) is 0 Å². The van der Waals surface area contributed by atoms with E-state index in [1.165, 1.54) is 0 Å². The first kappa shape index (κ1) is 15.9. The highest BCUT2D eigenvalue weighted by atomic mass is 16.5. The van der Waals surface area contributed by atoms with Crippen molar-refractivity contribution < 1.29 is 4.74 Å². The Hall–Kier alpha value is -2.94. The van der Waals surface area contributed by atoms with Gasteiger partial charge in [-0.15, -0.1) is 0 Å². The molecule has 0 saturated carbocycles. The fourth-order valence-electron chi connectivity index (χ4n) is 2.42. The van der Waals surface area contributed by atoms with Crippen LogP contribution in [-0.2, 0) is 4.74 Å². The fourth-order valence-corrected chi connectivity index (χ4v) is 2.42. The number of ether oxygens (including phenoxy) is 1. The van der Waals surface area contributed by atoms with Crippen molar-refractivity contribution in [2.45, 2.75) is 20.3 Å². The Morgan fingerprint density at radius 1 is 0.708 bits per heavy atom. The molecule has 0 amide bonds. The first-order valence-corrected chi connectivity index (χ1v) is 8.02. The molecule has 0 fully saturated rings. The van der Waals surface area contributed by atoms with E-state index in [0.717, 1.165) is 40.7 Å². The van der Waals surface area contributed by atoms with Crippen LogP contribution >= 0.6 is 0 Å². The van der Waals surface area contributed by atoms with Gasteiger partial charge < -0.3 is 4.74 Å². The van der Waals surface area contributed by atoms with Gasteiger partial charge in [-0.25, -0.2) is 9.98 Å². The largest absolute Gasteiger partial charge is 0.454 e. The van der Waals surface area contributed by atoms with E-state index in [2.05, 4.69) is 9.98 Å². The van der Waals surface area contributed by atoms with Crippen LogP contribution in [0.3, 0.4) is 0 Å². The van der Waals surface area contributed by atoms with Crippen molar-refractivity contribution in [1.29, 1.82) is 0 Å². The molecule has 0 bridgehead atoms. The number of aliphatic imine (C=N–C) groups is 2. The Morgan fingerprint density at radius 2 is 1.12 bits per heavy atom. The van der Waals surface area contributed by atoms with Gasteiger partial charge in [0.1, 0.15) is 11.5 Å². The minimum absolute atomic E-state index is 0.791. The molecule has 0 atom stereocenters. The molecule has 2 aromatic carbocycles. The highest BCUT2D eigenvalue weighted by Crippen LogP contribution is 2.22. The molecule has 0 unspecified atom stereocenters. The monoisotopic (exact) mass is 316 g/mol. The SMILES string of the molecule is CC(=Nc1ccccc1)C1=CCC=C(C(C)=Nc2ccccc2)O1. The Balaban J connectivity index is 1.75. The van der Waals surface area contributed by atoms with Crippen molar-refractivity contribution >= 4 is 22.8 Å². The fraction of sp³-hybridized carbons (Fsp3) is 0.143. The van der Waals surface area contributed by atoms with Gasteiger partial charge in [-0.3, -0.25) is 0 Å². The molecule has 1 aliphatic heterocycles. The van der Waals surface area contributed by atoms with Crippen LogP contribution in [-0.4, -0.2) is 11.4 Å². The maximum atomic E-state index is 6.02. The zero-order valence-electron chi connectivity index (χ0n) is 13.9. The number of hydrogen-bond donors (Lipinski definition) is 0. The van der Waals surface area contributed by atoms with Crippen molar-refractivity contribution in [3.8, 4) is 0 Å². The van der Waals surface area contributed by atoms with Crippen LogP contribution in [0.4, 0.5) is 11.4 Å². The first-order chi connectivity index (χ1) is 11.7. The van der Waals surface area contributed by atoms with E-state index >= 15 is 0 Å². The summed E-state index contributed by atoms with van der Waals surface area (Å²) < 4.78 is 6.02. The van der Waals surface area contributed by atoms with Gasteiger partial charge in [-0.05, 0) is 56.7 Å². The van der Waals surface area contributed by atoms with Crippen molar-refractivity contribution in [1.82, 2.24) is 0 Å². The maximum absolute atomic E-state index is 6.02. The summed E-state index contributed by atoms with van der Waals surface area (Å²) in [5.74, 6) is 1.58. The van der Waals surface area contributed by atoms with Gasteiger partial charge in [0.05, 0.1) is 22.8 Å². The Labute approximate surface area is 142 Å². The van der Waals surface area contributed by atoms with Gasteiger partial charge in [0.15, 0.2) is 0 Å². The van der Waals surface area contributed by atoms with Crippen LogP contribution in [0, 0.1) is 0 Å². The maximum Gasteiger partial charge on any atom is 0.145 e. The van der Waals surface area contributed by atoms with Crippen LogP contribution < -0.4 is 0 Å². The smallest absolute Gasteiger partial charge is 0.145 e. The third-order valence-corrected chi connectivity index (χ3v) is 3.65. The van der Waals surface area contributed by atoms with Gasteiger partial charge in [0.25, 0.3) is 0 Å². The third kappa shape index (κ3) is 4.07. The molecule has 0 spiro atoms. The molecule has 0 N–H and O–H groups in total. The second-order valence-electron chi connectivity index (χ2n) is 5.54. The van der Waals surface area contributed by atoms with E-state index in [1.54, 1.807) is 0 Å². The van der Waals surface area contributed by atoms with E-state index in [1.807, 2.05) is 86.7 Å². The Bertz CT molecular complexity index is 746. The van der Waals surface area contributed by atoms with Crippen LogP contribution in [0.5, 0.6) is 0 Å². The zero-order chi connectivity index (χ0) is 16.8. The normalized spacial score (nSPS) is 15.4. The molecule has 0 saturated heterocycles. The summed E-state index contributed by atoms with van der Waals surface area (Å²) in [7, 11) is 0. The molecule has 3 nitrogen and oxygen atoms in total. The average molecular weight is 316 g/mol. The predicted octanol–water partition coefficient (Wildman–Crippen LogP) is 5.76. The van der Waals surface area contributed by atoms with Crippen molar-refractivity contribution in [2.24, 2.45) is 9.98 Å². The predicted molar refractivity (Wildman–Crippen MR) is 100 cm³/mol. The van der Waals surface area contributed by atoms with E-state index < -0.39 is 0 Å². The molecule has 0 radical (unpaired) electrons. The Morgan fingerprint density at radius 3 is 1.54 bits per heavy atom.